The van der Waals surface area contributed by atoms with E-state index in [0.717, 1.165) is 0 Å². The topological polar surface area (TPSA) is 0 Å². The third-order valence-corrected chi connectivity index (χ3v) is 2.81. The Morgan fingerprint density at radius 1 is 0.875 bits per heavy atom. The number of benzene rings is 2. The first-order chi connectivity index (χ1) is 7.83. The molecule has 0 heteroatoms. The van der Waals surface area contributed by atoms with Gasteiger partial charge in [-0.1, -0.05) is 60.7 Å². The summed E-state index contributed by atoms with van der Waals surface area (Å²) in [6.45, 7) is 4.25. The molecule has 0 heterocycles. The maximum Gasteiger partial charge on any atom is -0.0152 e. The third-order valence-electron chi connectivity index (χ3n) is 2.81. The van der Waals surface area contributed by atoms with Crippen molar-refractivity contribution in [2.45, 2.75) is 13.8 Å². The van der Waals surface area contributed by atoms with Crippen molar-refractivity contribution in [1.29, 1.82) is 0 Å². The average Bonchev–Trinajstić information content (AvgIpc) is 2.34. The van der Waals surface area contributed by atoms with E-state index in [4.69, 9.17) is 0 Å². The summed E-state index contributed by atoms with van der Waals surface area (Å²) in [6.07, 6.45) is 2.18. The predicted molar refractivity (Wildman–Crippen MR) is 70.4 cm³/mol. The molecule has 0 saturated carbocycles. The van der Waals surface area contributed by atoms with Gasteiger partial charge in [-0.25, -0.2) is 0 Å². The zero-order valence-electron chi connectivity index (χ0n) is 9.77. The van der Waals surface area contributed by atoms with Crippen molar-refractivity contribution in [2.75, 3.05) is 0 Å². The Bertz CT molecular complexity index is 492. The zero-order chi connectivity index (χ0) is 11.4. The summed E-state index contributed by atoms with van der Waals surface area (Å²) < 4.78 is 0. The highest BCUT2D eigenvalue weighted by molar-refractivity contribution is 5.80. The number of aryl methyl sites for hydroxylation is 1. The second-order valence-corrected chi connectivity index (χ2v) is 3.88. The van der Waals surface area contributed by atoms with Crippen LogP contribution in [0.5, 0.6) is 0 Å². The lowest BCUT2D eigenvalue weighted by Gasteiger charge is -2.10. The van der Waals surface area contributed by atoms with E-state index in [-0.39, 0.29) is 0 Å². The van der Waals surface area contributed by atoms with Gasteiger partial charge in [-0.2, -0.15) is 0 Å². The van der Waals surface area contributed by atoms with E-state index in [1.165, 1.54) is 22.3 Å². The standard InChI is InChI=1S/C16H16/c1-3-15(14-10-5-4-6-11-14)16-12-8-7-9-13(16)2/h3-12H,1-2H3. The monoisotopic (exact) mass is 208 g/mol. The fraction of sp³-hybridized carbons (Fsp3) is 0.125. The lowest BCUT2D eigenvalue weighted by atomic mass is 9.94. The highest BCUT2D eigenvalue weighted by Crippen LogP contribution is 2.25. The molecule has 0 aromatic heterocycles. The molecule has 0 atom stereocenters. The molecule has 0 radical (unpaired) electrons. The summed E-state index contributed by atoms with van der Waals surface area (Å²) >= 11 is 0. The van der Waals surface area contributed by atoms with Gasteiger partial charge in [0.15, 0.2) is 0 Å². The van der Waals surface area contributed by atoms with Crippen molar-refractivity contribution in [2.24, 2.45) is 0 Å². The molecular weight excluding hydrogens is 192 g/mol. The van der Waals surface area contributed by atoms with E-state index in [2.05, 4.69) is 74.5 Å². The van der Waals surface area contributed by atoms with E-state index in [1.807, 2.05) is 0 Å². The summed E-state index contributed by atoms with van der Waals surface area (Å²) in [5.74, 6) is 0. The number of allylic oxidation sites excluding steroid dienone is 1. The third kappa shape index (κ3) is 2.06. The first-order valence-corrected chi connectivity index (χ1v) is 5.60. The van der Waals surface area contributed by atoms with Gasteiger partial charge in [0.1, 0.15) is 0 Å². The van der Waals surface area contributed by atoms with Crippen LogP contribution in [0.2, 0.25) is 0 Å². The van der Waals surface area contributed by atoms with E-state index < -0.39 is 0 Å². The second-order valence-electron chi connectivity index (χ2n) is 3.88. The first kappa shape index (κ1) is 10.7. The van der Waals surface area contributed by atoms with Crippen LogP contribution in [0, 0.1) is 6.92 Å². The zero-order valence-corrected chi connectivity index (χ0v) is 9.77. The van der Waals surface area contributed by atoms with Crippen LogP contribution in [0.25, 0.3) is 5.57 Å². The maximum atomic E-state index is 2.18. The Hall–Kier alpha value is -1.82. The Morgan fingerprint density at radius 3 is 2.12 bits per heavy atom. The van der Waals surface area contributed by atoms with Gasteiger partial charge in [-0.05, 0) is 36.1 Å². The van der Waals surface area contributed by atoms with Crippen molar-refractivity contribution >= 4 is 5.57 Å². The molecule has 0 amide bonds. The van der Waals surface area contributed by atoms with Crippen LogP contribution in [-0.4, -0.2) is 0 Å². The average molecular weight is 208 g/mol. The van der Waals surface area contributed by atoms with Crippen molar-refractivity contribution in [1.82, 2.24) is 0 Å². The van der Waals surface area contributed by atoms with E-state index in [1.54, 1.807) is 0 Å². The molecule has 0 spiro atoms. The van der Waals surface area contributed by atoms with E-state index in [9.17, 15) is 0 Å². The highest BCUT2D eigenvalue weighted by Gasteiger charge is 2.05. The fourth-order valence-electron chi connectivity index (χ4n) is 1.97. The van der Waals surface area contributed by atoms with Gasteiger partial charge in [-0.15, -0.1) is 0 Å². The molecule has 2 rings (SSSR count). The summed E-state index contributed by atoms with van der Waals surface area (Å²) in [6, 6.07) is 19.0. The van der Waals surface area contributed by atoms with Crippen LogP contribution in [0.3, 0.4) is 0 Å². The molecule has 0 unspecified atom stereocenters. The Kier molecular flexibility index (Phi) is 3.21. The van der Waals surface area contributed by atoms with Gasteiger partial charge >= 0.3 is 0 Å². The van der Waals surface area contributed by atoms with Crippen LogP contribution in [0.1, 0.15) is 23.6 Å². The SMILES string of the molecule is CC=C(c1ccccc1)c1ccccc1C. The van der Waals surface area contributed by atoms with Crippen LogP contribution in [-0.2, 0) is 0 Å². The van der Waals surface area contributed by atoms with Crippen LogP contribution < -0.4 is 0 Å². The van der Waals surface area contributed by atoms with Gasteiger partial charge in [0.2, 0.25) is 0 Å². The first-order valence-electron chi connectivity index (χ1n) is 5.60. The number of hydrogen-bond donors (Lipinski definition) is 0. The summed E-state index contributed by atoms with van der Waals surface area (Å²) in [5.41, 5.74) is 5.22. The Labute approximate surface area is 97.3 Å². The molecule has 16 heavy (non-hydrogen) atoms. The van der Waals surface area contributed by atoms with Crippen molar-refractivity contribution in [3.8, 4) is 0 Å². The molecule has 0 N–H and O–H groups in total. The molecule has 0 fully saturated rings. The fourth-order valence-corrected chi connectivity index (χ4v) is 1.97. The molecule has 0 aliphatic heterocycles. The predicted octanol–water partition coefficient (Wildman–Crippen LogP) is 4.45. The quantitative estimate of drug-likeness (QED) is 0.684. The summed E-state index contributed by atoms with van der Waals surface area (Å²) in [4.78, 5) is 0. The minimum atomic E-state index is 1.28. The molecule has 0 aliphatic rings. The molecule has 0 bridgehead atoms. The van der Waals surface area contributed by atoms with Crippen LogP contribution in [0.15, 0.2) is 60.7 Å². The smallest absolute Gasteiger partial charge is 0.0152 e. The lowest BCUT2D eigenvalue weighted by Crippen LogP contribution is -1.90. The van der Waals surface area contributed by atoms with Gasteiger partial charge in [-0.3, -0.25) is 0 Å². The molecule has 0 saturated heterocycles. The number of hydrogen-bond acceptors (Lipinski definition) is 0. The van der Waals surface area contributed by atoms with E-state index >= 15 is 0 Å². The molecule has 2 aromatic carbocycles. The molecule has 2 aromatic rings. The highest BCUT2D eigenvalue weighted by atomic mass is 14.1. The van der Waals surface area contributed by atoms with Gasteiger partial charge in [0.05, 0.1) is 0 Å². The van der Waals surface area contributed by atoms with E-state index in [0.29, 0.717) is 0 Å². The molecule has 80 valence electrons. The molecular formula is C16H16. The minimum absolute atomic E-state index is 1.28. The van der Waals surface area contributed by atoms with Gasteiger partial charge in [0, 0.05) is 0 Å². The van der Waals surface area contributed by atoms with Crippen LogP contribution in [0.4, 0.5) is 0 Å². The second kappa shape index (κ2) is 4.80. The van der Waals surface area contributed by atoms with Gasteiger partial charge in [0.25, 0.3) is 0 Å². The van der Waals surface area contributed by atoms with Gasteiger partial charge < -0.3 is 0 Å². The van der Waals surface area contributed by atoms with Crippen molar-refractivity contribution in [3.05, 3.63) is 77.4 Å². The minimum Gasteiger partial charge on any atom is -0.0792 e. The Morgan fingerprint density at radius 2 is 1.50 bits per heavy atom. The Balaban J connectivity index is 2.51. The number of rotatable bonds is 2. The molecule has 0 nitrogen and oxygen atoms in total. The lowest BCUT2D eigenvalue weighted by molar-refractivity contribution is 1.41. The largest absolute Gasteiger partial charge is 0.0792 e. The maximum absolute atomic E-state index is 2.18. The van der Waals surface area contributed by atoms with Crippen molar-refractivity contribution in [3.63, 3.8) is 0 Å². The summed E-state index contributed by atoms with van der Waals surface area (Å²) in [5, 5.41) is 0. The van der Waals surface area contributed by atoms with Crippen LogP contribution >= 0.6 is 0 Å². The van der Waals surface area contributed by atoms with Crippen molar-refractivity contribution < 1.29 is 0 Å². The normalized spacial score (nSPS) is 11.5. The molecule has 0 aliphatic carbocycles. The summed E-state index contributed by atoms with van der Waals surface area (Å²) in [7, 11) is 0.